The van der Waals surface area contributed by atoms with Crippen LogP contribution in [0.25, 0.3) is 0 Å². The summed E-state index contributed by atoms with van der Waals surface area (Å²) in [6.45, 7) is 7.61. The van der Waals surface area contributed by atoms with Crippen LogP contribution in [0.15, 0.2) is 33.6 Å². The van der Waals surface area contributed by atoms with E-state index in [1.54, 1.807) is 11.8 Å². The van der Waals surface area contributed by atoms with E-state index >= 15 is 0 Å². The predicted octanol–water partition coefficient (Wildman–Crippen LogP) is 4.42. The van der Waals surface area contributed by atoms with Gasteiger partial charge in [-0.05, 0) is 51.6 Å². The molecular formula is C17H21NO2S. The highest BCUT2D eigenvalue weighted by Crippen LogP contribution is 2.23. The van der Waals surface area contributed by atoms with Gasteiger partial charge in [0.2, 0.25) is 0 Å². The maximum Gasteiger partial charge on any atom is 0.255 e. The SMILES string of the molecule is CSc1ccc(C(C)NC(=O)c2c(C)oc(C)c2C)cc1. The second kappa shape index (κ2) is 6.39. The fourth-order valence-electron chi connectivity index (χ4n) is 2.37. The number of carbonyl (C=O) groups excluding carboxylic acids is 1. The van der Waals surface area contributed by atoms with Crippen molar-refractivity contribution < 1.29 is 9.21 Å². The first-order chi connectivity index (χ1) is 9.93. The monoisotopic (exact) mass is 303 g/mol. The molecular weight excluding hydrogens is 282 g/mol. The Kier molecular flexibility index (Phi) is 4.78. The Morgan fingerprint density at radius 3 is 2.24 bits per heavy atom. The minimum absolute atomic E-state index is 0.0394. The molecule has 3 nitrogen and oxygen atoms in total. The highest BCUT2D eigenvalue weighted by Gasteiger charge is 2.20. The van der Waals surface area contributed by atoms with Crippen LogP contribution in [0, 0.1) is 20.8 Å². The summed E-state index contributed by atoms with van der Waals surface area (Å²) in [5.74, 6) is 1.39. The Balaban J connectivity index is 2.14. The summed E-state index contributed by atoms with van der Waals surface area (Å²) >= 11 is 1.71. The molecule has 0 aliphatic heterocycles. The molecule has 0 saturated carbocycles. The largest absolute Gasteiger partial charge is 0.466 e. The van der Waals surface area contributed by atoms with E-state index in [0.717, 1.165) is 16.9 Å². The lowest BCUT2D eigenvalue weighted by molar-refractivity contribution is 0.0938. The van der Waals surface area contributed by atoms with Crippen LogP contribution in [0.4, 0.5) is 0 Å². The van der Waals surface area contributed by atoms with Crippen molar-refractivity contribution in [3.63, 3.8) is 0 Å². The van der Waals surface area contributed by atoms with Gasteiger partial charge in [0, 0.05) is 10.5 Å². The van der Waals surface area contributed by atoms with E-state index in [9.17, 15) is 4.79 Å². The fraction of sp³-hybridized carbons (Fsp3) is 0.353. The molecule has 21 heavy (non-hydrogen) atoms. The molecule has 0 aliphatic carbocycles. The number of benzene rings is 1. The van der Waals surface area contributed by atoms with E-state index in [1.165, 1.54) is 4.90 Å². The molecule has 0 bridgehead atoms. The molecule has 0 saturated heterocycles. The molecule has 4 heteroatoms. The average Bonchev–Trinajstić information content (AvgIpc) is 2.72. The summed E-state index contributed by atoms with van der Waals surface area (Å²) in [5, 5.41) is 3.04. The topological polar surface area (TPSA) is 42.2 Å². The maximum atomic E-state index is 12.4. The molecule has 1 aromatic heterocycles. The van der Waals surface area contributed by atoms with Crippen molar-refractivity contribution in [1.82, 2.24) is 5.32 Å². The zero-order valence-corrected chi connectivity index (χ0v) is 13.9. The number of furan rings is 1. The van der Waals surface area contributed by atoms with Crippen LogP contribution in [0.3, 0.4) is 0 Å². The first-order valence-corrected chi connectivity index (χ1v) is 8.18. The Hall–Kier alpha value is -1.68. The highest BCUT2D eigenvalue weighted by atomic mass is 32.2. The van der Waals surface area contributed by atoms with Crippen LogP contribution in [0.2, 0.25) is 0 Å². The summed E-state index contributed by atoms with van der Waals surface area (Å²) in [4.78, 5) is 13.6. The molecule has 0 radical (unpaired) electrons. The van der Waals surface area contributed by atoms with E-state index < -0.39 is 0 Å². The molecule has 112 valence electrons. The number of hydrogen-bond acceptors (Lipinski definition) is 3. The van der Waals surface area contributed by atoms with Gasteiger partial charge >= 0.3 is 0 Å². The molecule has 1 aromatic carbocycles. The molecule has 0 spiro atoms. The third-order valence-electron chi connectivity index (χ3n) is 3.75. The van der Waals surface area contributed by atoms with Gasteiger partial charge in [-0.2, -0.15) is 0 Å². The standard InChI is InChI=1S/C17H21NO2S/c1-10-12(3)20-13(4)16(10)17(19)18-11(2)14-6-8-15(21-5)9-7-14/h6-9,11H,1-5H3,(H,18,19). The van der Waals surface area contributed by atoms with Crippen molar-refractivity contribution in [1.29, 1.82) is 0 Å². The first kappa shape index (κ1) is 15.7. The number of nitrogens with one attached hydrogen (secondary N) is 1. The van der Waals surface area contributed by atoms with Crippen molar-refractivity contribution in [2.24, 2.45) is 0 Å². The van der Waals surface area contributed by atoms with Gasteiger partial charge in [0.25, 0.3) is 5.91 Å². The van der Waals surface area contributed by atoms with Crippen LogP contribution < -0.4 is 5.32 Å². The van der Waals surface area contributed by atoms with Crippen molar-refractivity contribution in [3.05, 3.63) is 52.5 Å². The Morgan fingerprint density at radius 2 is 1.76 bits per heavy atom. The number of aryl methyl sites for hydroxylation is 2. The summed E-state index contributed by atoms with van der Waals surface area (Å²) < 4.78 is 5.52. The lowest BCUT2D eigenvalue weighted by Gasteiger charge is -2.15. The fourth-order valence-corrected chi connectivity index (χ4v) is 2.78. The van der Waals surface area contributed by atoms with Crippen molar-refractivity contribution in [2.45, 2.75) is 38.6 Å². The number of thioether (sulfide) groups is 1. The smallest absolute Gasteiger partial charge is 0.255 e. The molecule has 2 aromatic rings. The van der Waals surface area contributed by atoms with Gasteiger partial charge in [-0.25, -0.2) is 0 Å². The zero-order chi connectivity index (χ0) is 15.6. The molecule has 1 heterocycles. The Labute approximate surface area is 130 Å². The van der Waals surface area contributed by atoms with Gasteiger partial charge in [-0.1, -0.05) is 12.1 Å². The minimum atomic E-state index is -0.0803. The third kappa shape index (κ3) is 3.32. The molecule has 1 atom stereocenters. The Bertz CT molecular complexity index is 644. The van der Waals surface area contributed by atoms with Crippen LogP contribution in [-0.4, -0.2) is 12.2 Å². The van der Waals surface area contributed by atoms with Crippen LogP contribution in [0.1, 0.15) is 46.0 Å². The third-order valence-corrected chi connectivity index (χ3v) is 4.50. The first-order valence-electron chi connectivity index (χ1n) is 6.95. The number of rotatable bonds is 4. The quantitative estimate of drug-likeness (QED) is 0.850. The summed E-state index contributed by atoms with van der Waals surface area (Å²) in [6, 6.07) is 8.21. The zero-order valence-electron chi connectivity index (χ0n) is 13.1. The van der Waals surface area contributed by atoms with E-state index in [0.29, 0.717) is 11.3 Å². The predicted molar refractivity (Wildman–Crippen MR) is 87.0 cm³/mol. The molecule has 2 rings (SSSR count). The van der Waals surface area contributed by atoms with Crippen LogP contribution in [-0.2, 0) is 0 Å². The summed E-state index contributed by atoms with van der Waals surface area (Å²) in [6.07, 6.45) is 2.05. The maximum absolute atomic E-state index is 12.4. The lowest BCUT2D eigenvalue weighted by atomic mass is 10.1. The molecule has 1 N–H and O–H groups in total. The Morgan fingerprint density at radius 1 is 1.14 bits per heavy atom. The normalized spacial score (nSPS) is 12.2. The molecule has 1 amide bonds. The van der Waals surface area contributed by atoms with E-state index in [-0.39, 0.29) is 11.9 Å². The van der Waals surface area contributed by atoms with Gasteiger partial charge in [0.05, 0.1) is 11.6 Å². The molecule has 1 unspecified atom stereocenters. The second-order valence-corrected chi connectivity index (χ2v) is 6.06. The number of hydrogen-bond donors (Lipinski definition) is 1. The van der Waals surface area contributed by atoms with Gasteiger partial charge in [0.1, 0.15) is 11.5 Å². The van der Waals surface area contributed by atoms with Gasteiger partial charge in [-0.15, -0.1) is 11.8 Å². The van der Waals surface area contributed by atoms with Gasteiger partial charge in [-0.3, -0.25) is 4.79 Å². The van der Waals surface area contributed by atoms with E-state index in [2.05, 4.69) is 29.6 Å². The van der Waals surface area contributed by atoms with E-state index in [4.69, 9.17) is 4.42 Å². The summed E-state index contributed by atoms with van der Waals surface area (Å²) in [5.41, 5.74) is 2.66. The molecule has 0 aliphatic rings. The second-order valence-electron chi connectivity index (χ2n) is 5.18. The number of carbonyl (C=O) groups is 1. The average molecular weight is 303 g/mol. The summed E-state index contributed by atoms with van der Waals surface area (Å²) in [7, 11) is 0. The lowest BCUT2D eigenvalue weighted by Crippen LogP contribution is -2.27. The highest BCUT2D eigenvalue weighted by molar-refractivity contribution is 7.98. The van der Waals surface area contributed by atoms with Gasteiger partial charge < -0.3 is 9.73 Å². The van der Waals surface area contributed by atoms with Crippen molar-refractivity contribution in [3.8, 4) is 0 Å². The van der Waals surface area contributed by atoms with Gasteiger partial charge in [0.15, 0.2) is 0 Å². The molecule has 0 fully saturated rings. The van der Waals surface area contributed by atoms with Crippen LogP contribution in [0.5, 0.6) is 0 Å². The number of amides is 1. The minimum Gasteiger partial charge on any atom is -0.466 e. The van der Waals surface area contributed by atoms with E-state index in [1.807, 2.05) is 34.0 Å². The van der Waals surface area contributed by atoms with Crippen molar-refractivity contribution >= 4 is 17.7 Å². The van der Waals surface area contributed by atoms with Crippen LogP contribution >= 0.6 is 11.8 Å². The van der Waals surface area contributed by atoms with Crippen molar-refractivity contribution in [2.75, 3.05) is 6.26 Å².